The molecule has 0 unspecified atom stereocenters. The zero-order valence-electron chi connectivity index (χ0n) is 6.19. The molecule has 0 spiro atoms. The van der Waals surface area contributed by atoms with Gasteiger partial charge in [-0.05, 0) is 0 Å². The molecule has 68 valence electrons. The molecule has 0 aromatic rings. The van der Waals surface area contributed by atoms with Crippen molar-refractivity contribution in [2.45, 2.75) is 0 Å². The van der Waals surface area contributed by atoms with Crippen LogP contribution in [0.3, 0.4) is 0 Å². The summed E-state index contributed by atoms with van der Waals surface area (Å²) in [5, 5.41) is 18.3. The van der Waals surface area contributed by atoms with Crippen LogP contribution in [0.25, 0.3) is 0 Å². The lowest BCUT2D eigenvalue weighted by Gasteiger charge is -2.05. The van der Waals surface area contributed by atoms with Crippen LogP contribution >= 0.6 is 0 Å². The van der Waals surface area contributed by atoms with Gasteiger partial charge in [-0.25, -0.2) is 9.79 Å². The largest absolute Gasteiger partial charge is 0.465 e. The van der Waals surface area contributed by atoms with Gasteiger partial charge >= 0.3 is 6.09 Å². The van der Waals surface area contributed by atoms with E-state index in [1.807, 2.05) is 5.48 Å². The van der Waals surface area contributed by atoms with Crippen molar-refractivity contribution < 1.29 is 15.1 Å². The molecule has 7 heteroatoms. The highest BCUT2D eigenvalue weighted by atomic mass is 16.5. The van der Waals surface area contributed by atoms with Crippen LogP contribution in [0, 0.1) is 0 Å². The predicted molar refractivity (Wildman–Crippen MR) is 41.7 cm³/mol. The van der Waals surface area contributed by atoms with Crippen molar-refractivity contribution in [3.63, 3.8) is 0 Å². The fourth-order valence-electron chi connectivity index (χ4n) is 0.450. The minimum atomic E-state index is -1.33. The van der Waals surface area contributed by atoms with E-state index < -0.39 is 6.09 Å². The molecule has 7 nitrogen and oxygen atoms in total. The highest BCUT2D eigenvalue weighted by Crippen LogP contribution is 1.80. The van der Waals surface area contributed by atoms with Gasteiger partial charge in [-0.2, -0.15) is 0 Å². The monoisotopic (exact) mass is 174 g/mol. The Kier molecular flexibility index (Phi) is 5.11. The Hall–Kier alpha value is -1.76. The third-order valence-corrected chi connectivity index (χ3v) is 0.821. The maximum atomic E-state index is 8.78. The van der Waals surface area contributed by atoms with Crippen molar-refractivity contribution in [1.29, 1.82) is 0 Å². The fourth-order valence-corrected chi connectivity index (χ4v) is 0.450. The molecule has 1 heterocycles. The predicted octanol–water partition coefficient (Wildman–Crippen LogP) is -0.939. The maximum absolute atomic E-state index is 8.78. The number of carboxylic acid groups (broad SMARTS) is 1. The third-order valence-electron chi connectivity index (χ3n) is 0.821. The van der Waals surface area contributed by atoms with Crippen LogP contribution < -0.4 is 16.5 Å². The van der Waals surface area contributed by atoms with Crippen LogP contribution in [0.2, 0.25) is 0 Å². The minimum absolute atomic E-state index is 0.535. The van der Waals surface area contributed by atoms with Crippen molar-refractivity contribution in [3.05, 3.63) is 12.4 Å². The van der Waals surface area contributed by atoms with E-state index in [4.69, 9.17) is 15.1 Å². The number of nitrogens with two attached hydrogens (primary N) is 1. The van der Waals surface area contributed by atoms with E-state index >= 15 is 0 Å². The van der Waals surface area contributed by atoms with Gasteiger partial charge in [0.1, 0.15) is 5.84 Å². The summed E-state index contributed by atoms with van der Waals surface area (Å²) in [4.78, 5) is 12.5. The average molecular weight is 174 g/mol. The van der Waals surface area contributed by atoms with E-state index in [0.717, 1.165) is 0 Å². The SMILES string of the molecule is NC(=O)O.ONC1=NC=CNC1. The topological polar surface area (TPSA) is 120 Å². The molecule has 1 rings (SSSR count). The zero-order valence-corrected chi connectivity index (χ0v) is 6.19. The lowest BCUT2D eigenvalue weighted by molar-refractivity contribution is 0.205. The smallest absolute Gasteiger partial charge is 0.402 e. The first-order valence-corrected chi connectivity index (χ1v) is 3.00. The van der Waals surface area contributed by atoms with Crippen LogP contribution in [0.15, 0.2) is 17.4 Å². The van der Waals surface area contributed by atoms with Crippen LogP contribution in [0.1, 0.15) is 0 Å². The van der Waals surface area contributed by atoms with E-state index in [1.54, 1.807) is 12.4 Å². The number of rotatable bonds is 0. The zero-order chi connectivity index (χ0) is 9.40. The lowest BCUT2D eigenvalue weighted by Crippen LogP contribution is -2.31. The van der Waals surface area contributed by atoms with Crippen molar-refractivity contribution in [2.24, 2.45) is 10.7 Å². The number of amides is 1. The molecular formula is C5H10N4O3. The molecule has 0 bridgehead atoms. The van der Waals surface area contributed by atoms with Crippen molar-refractivity contribution in [2.75, 3.05) is 6.54 Å². The molecule has 6 N–H and O–H groups in total. The summed E-state index contributed by atoms with van der Waals surface area (Å²) in [5.74, 6) is 0.535. The number of nitrogens with one attached hydrogen (secondary N) is 2. The number of nitrogens with zero attached hydrogens (tertiary/aromatic N) is 1. The summed E-state index contributed by atoms with van der Waals surface area (Å²) in [5.41, 5.74) is 5.97. The van der Waals surface area contributed by atoms with Crippen LogP contribution in [0.5, 0.6) is 0 Å². The molecule has 1 aliphatic heterocycles. The van der Waals surface area contributed by atoms with Gasteiger partial charge in [-0.3, -0.25) is 10.7 Å². The number of primary amides is 1. The number of aliphatic imine (C=N–C) groups is 1. The van der Waals surface area contributed by atoms with E-state index in [0.29, 0.717) is 12.4 Å². The second kappa shape index (κ2) is 5.98. The maximum Gasteiger partial charge on any atom is 0.402 e. The molecule has 0 atom stereocenters. The quantitative estimate of drug-likeness (QED) is 0.303. The van der Waals surface area contributed by atoms with Crippen LogP contribution in [-0.4, -0.2) is 28.8 Å². The summed E-state index contributed by atoms with van der Waals surface area (Å²) < 4.78 is 0. The molecule has 0 aromatic carbocycles. The number of amidine groups is 1. The van der Waals surface area contributed by atoms with Gasteiger partial charge in [-0.1, -0.05) is 0 Å². The number of carbonyl (C=O) groups is 1. The van der Waals surface area contributed by atoms with Gasteiger partial charge in [-0.15, -0.1) is 0 Å². The average Bonchev–Trinajstić information content (AvgIpc) is 2.05. The first kappa shape index (κ1) is 10.2. The summed E-state index contributed by atoms with van der Waals surface area (Å²) in [6.45, 7) is 0.562. The molecule has 0 aromatic heterocycles. The van der Waals surface area contributed by atoms with E-state index in [2.05, 4.69) is 16.0 Å². The molecule has 1 amide bonds. The van der Waals surface area contributed by atoms with Crippen LogP contribution in [0.4, 0.5) is 4.79 Å². The van der Waals surface area contributed by atoms with Gasteiger partial charge < -0.3 is 16.2 Å². The Morgan fingerprint density at radius 1 is 1.83 bits per heavy atom. The van der Waals surface area contributed by atoms with Crippen LogP contribution in [-0.2, 0) is 0 Å². The Balaban J connectivity index is 0.000000261. The van der Waals surface area contributed by atoms with E-state index in [-0.39, 0.29) is 0 Å². The summed E-state index contributed by atoms with van der Waals surface area (Å²) in [6.07, 6.45) is 1.95. The third kappa shape index (κ3) is 6.36. The number of hydroxylamine groups is 1. The summed E-state index contributed by atoms with van der Waals surface area (Å²) in [7, 11) is 0. The minimum Gasteiger partial charge on any atom is -0.465 e. The first-order valence-electron chi connectivity index (χ1n) is 3.00. The van der Waals surface area contributed by atoms with Gasteiger partial charge in [0.2, 0.25) is 0 Å². The molecular weight excluding hydrogens is 164 g/mol. The molecule has 0 saturated carbocycles. The van der Waals surface area contributed by atoms with E-state index in [9.17, 15) is 0 Å². The second-order valence-corrected chi connectivity index (χ2v) is 1.72. The normalized spacial score (nSPS) is 13.2. The standard InChI is InChI=1S/C4H7N3O.CH3NO2/c8-7-4-3-5-1-2-6-4;2-1(3)4/h1-2,5,8H,3H2,(H,6,7);2H2,(H,3,4). The molecule has 0 fully saturated rings. The molecule has 0 aliphatic carbocycles. The van der Waals surface area contributed by atoms with Crippen molar-refractivity contribution in [1.82, 2.24) is 10.8 Å². The fraction of sp³-hybridized carbons (Fsp3) is 0.200. The number of hydrogen-bond acceptors (Lipinski definition) is 5. The molecule has 1 aliphatic rings. The second-order valence-electron chi connectivity index (χ2n) is 1.72. The van der Waals surface area contributed by atoms with Gasteiger partial charge in [0.25, 0.3) is 0 Å². The van der Waals surface area contributed by atoms with Crippen molar-refractivity contribution >= 4 is 11.9 Å². The Bertz CT molecular complexity index is 197. The lowest BCUT2D eigenvalue weighted by atomic mass is 10.5. The molecule has 0 radical (unpaired) electrons. The Morgan fingerprint density at radius 3 is 2.67 bits per heavy atom. The van der Waals surface area contributed by atoms with Gasteiger partial charge in [0.15, 0.2) is 0 Å². The van der Waals surface area contributed by atoms with Gasteiger partial charge in [0.05, 0.1) is 6.54 Å². The molecule has 12 heavy (non-hydrogen) atoms. The van der Waals surface area contributed by atoms with Gasteiger partial charge in [0, 0.05) is 12.4 Å². The van der Waals surface area contributed by atoms with E-state index in [1.165, 1.54) is 0 Å². The molecule has 0 saturated heterocycles. The highest BCUT2D eigenvalue weighted by molar-refractivity contribution is 5.84. The Morgan fingerprint density at radius 2 is 2.42 bits per heavy atom. The Labute approximate surface area is 68.5 Å². The highest BCUT2D eigenvalue weighted by Gasteiger charge is 1.94. The summed E-state index contributed by atoms with van der Waals surface area (Å²) >= 11 is 0. The summed E-state index contributed by atoms with van der Waals surface area (Å²) in [6, 6.07) is 0. The van der Waals surface area contributed by atoms with Crippen molar-refractivity contribution in [3.8, 4) is 0 Å². The number of hydrogen-bond donors (Lipinski definition) is 5. The first-order chi connectivity index (χ1) is 5.66.